The molecular formula is C14H12N4O5S. The van der Waals surface area contributed by atoms with Crippen LogP contribution in [0.15, 0.2) is 35.7 Å². The van der Waals surface area contributed by atoms with Crippen molar-refractivity contribution in [1.29, 1.82) is 0 Å². The third-order valence-electron chi connectivity index (χ3n) is 2.83. The lowest BCUT2D eigenvalue weighted by molar-refractivity contribution is -0.384. The fraction of sp³-hybridized carbons (Fsp3) is 0.0714. The molecule has 0 aliphatic heterocycles. The molecule has 1 aromatic carbocycles. The Morgan fingerprint density at radius 3 is 2.29 bits per heavy atom. The van der Waals surface area contributed by atoms with Crippen molar-refractivity contribution in [3.05, 3.63) is 57.0 Å². The van der Waals surface area contributed by atoms with Gasteiger partial charge in [-0.1, -0.05) is 0 Å². The quantitative estimate of drug-likeness (QED) is 0.572. The molecule has 0 bridgehead atoms. The molecule has 2 rings (SSSR count). The molecule has 0 atom stereocenters. The monoisotopic (exact) mass is 348 g/mol. The van der Waals surface area contributed by atoms with Crippen molar-refractivity contribution in [2.24, 2.45) is 0 Å². The Morgan fingerprint density at radius 2 is 1.71 bits per heavy atom. The van der Waals surface area contributed by atoms with Gasteiger partial charge >= 0.3 is 0 Å². The van der Waals surface area contributed by atoms with Crippen LogP contribution in [0.2, 0.25) is 0 Å². The average Bonchev–Trinajstić information content (AvgIpc) is 3.00. The standard InChI is InChI=1S/C14H12N4O5S/c1-8(19)16-17-13(21)11-6-7-24-14(11)15-12(20)9-2-4-10(5-3-9)18(22)23/h2-7H,1H3,(H,15,20)(H,16,19)(H,17,21). The van der Waals surface area contributed by atoms with E-state index in [0.717, 1.165) is 11.3 Å². The van der Waals surface area contributed by atoms with Crippen LogP contribution in [0, 0.1) is 10.1 Å². The van der Waals surface area contributed by atoms with Gasteiger partial charge in [-0.05, 0) is 23.6 Å². The number of nitrogens with zero attached hydrogens (tertiary/aromatic N) is 1. The topological polar surface area (TPSA) is 130 Å². The summed E-state index contributed by atoms with van der Waals surface area (Å²) in [5, 5.41) is 15.1. The highest BCUT2D eigenvalue weighted by molar-refractivity contribution is 7.14. The summed E-state index contributed by atoms with van der Waals surface area (Å²) in [5.41, 5.74) is 4.62. The lowest BCUT2D eigenvalue weighted by Crippen LogP contribution is -2.40. The first-order valence-electron chi connectivity index (χ1n) is 6.58. The first-order valence-corrected chi connectivity index (χ1v) is 7.46. The Balaban J connectivity index is 2.09. The molecule has 0 aliphatic carbocycles. The van der Waals surface area contributed by atoms with E-state index in [-0.39, 0.29) is 16.8 Å². The molecule has 9 nitrogen and oxygen atoms in total. The van der Waals surface area contributed by atoms with Gasteiger partial charge in [-0.2, -0.15) is 0 Å². The third kappa shape index (κ3) is 4.14. The fourth-order valence-electron chi connectivity index (χ4n) is 1.71. The summed E-state index contributed by atoms with van der Waals surface area (Å²) >= 11 is 1.13. The van der Waals surface area contributed by atoms with Crippen LogP contribution in [0.3, 0.4) is 0 Å². The largest absolute Gasteiger partial charge is 0.313 e. The van der Waals surface area contributed by atoms with Crippen LogP contribution in [-0.2, 0) is 4.79 Å². The molecule has 3 N–H and O–H groups in total. The molecule has 124 valence electrons. The number of nitrogens with one attached hydrogen (secondary N) is 3. The predicted molar refractivity (Wildman–Crippen MR) is 86.7 cm³/mol. The Morgan fingerprint density at radius 1 is 1.04 bits per heavy atom. The van der Waals surface area contributed by atoms with E-state index in [9.17, 15) is 24.5 Å². The minimum absolute atomic E-state index is 0.127. The molecule has 0 saturated carbocycles. The predicted octanol–water partition coefficient (Wildman–Crippen LogP) is 1.69. The number of carbonyl (C=O) groups is 3. The molecule has 10 heteroatoms. The maximum Gasteiger partial charge on any atom is 0.272 e. The van der Waals surface area contributed by atoms with Crippen LogP contribution in [0.1, 0.15) is 27.6 Å². The molecule has 0 unspecified atom stereocenters. The molecule has 0 aliphatic rings. The van der Waals surface area contributed by atoms with Gasteiger partial charge in [0.2, 0.25) is 5.91 Å². The second kappa shape index (κ2) is 7.33. The summed E-state index contributed by atoms with van der Waals surface area (Å²) in [6.45, 7) is 1.24. The second-order valence-corrected chi connectivity index (χ2v) is 5.47. The van der Waals surface area contributed by atoms with Crippen LogP contribution in [0.4, 0.5) is 10.7 Å². The highest BCUT2D eigenvalue weighted by Crippen LogP contribution is 2.24. The number of benzene rings is 1. The third-order valence-corrected chi connectivity index (χ3v) is 3.66. The maximum atomic E-state index is 12.2. The zero-order chi connectivity index (χ0) is 17.7. The molecule has 2 aromatic rings. The number of hydrazine groups is 1. The van der Waals surface area contributed by atoms with Crippen molar-refractivity contribution in [2.45, 2.75) is 6.92 Å². The zero-order valence-electron chi connectivity index (χ0n) is 12.4. The summed E-state index contributed by atoms with van der Waals surface area (Å²) < 4.78 is 0. The molecule has 1 aromatic heterocycles. The Labute approximate surface area is 139 Å². The summed E-state index contributed by atoms with van der Waals surface area (Å²) in [4.78, 5) is 44.9. The van der Waals surface area contributed by atoms with Crippen molar-refractivity contribution >= 4 is 39.7 Å². The van der Waals surface area contributed by atoms with Gasteiger partial charge in [-0.3, -0.25) is 35.3 Å². The van der Waals surface area contributed by atoms with Crippen LogP contribution in [-0.4, -0.2) is 22.6 Å². The van der Waals surface area contributed by atoms with E-state index < -0.39 is 22.6 Å². The first kappa shape index (κ1) is 17.1. The lowest BCUT2D eigenvalue weighted by atomic mass is 10.2. The minimum atomic E-state index is -0.578. The number of nitro groups is 1. The summed E-state index contributed by atoms with van der Waals surface area (Å²) in [5.74, 6) is -1.53. The van der Waals surface area contributed by atoms with Gasteiger partial charge in [-0.15, -0.1) is 11.3 Å². The molecule has 1 heterocycles. The number of carbonyl (C=O) groups excluding carboxylic acids is 3. The maximum absolute atomic E-state index is 12.2. The SMILES string of the molecule is CC(=O)NNC(=O)c1ccsc1NC(=O)c1ccc([N+](=O)[O-])cc1. The van der Waals surface area contributed by atoms with Gasteiger partial charge in [0.15, 0.2) is 0 Å². The van der Waals surface area contributed by atoms with Crippen LogP contribution in [0.5, 0.6) is 0 Å². The van der Waals surface area contributed by atoms with Crippen LogP contribution < -0.4 is 16.2 Å². The number of non-ortho nitro benzene ring substituents is 1. The number of amides is 3. The van der Waals surface area contributed by atoms with Gasteiger partial charge in [-0.25, -0.2) is 0 Å². The van der Waals surface area contributed by atoms with Gasteiger partial charge in [0.25, 0.3) is 17.5 Å². The Bertz CT molecular complexity index is 800. The molecule has 0 radical (unpaired) electrons. The number of hydrogen-bond acceptors (Lipinski definition) is 6. The van der Waals surface area contributed by atoms with E-state index in [4.69, 9.17) is 0 Å². The van der Waals surface area contributed by atoms with Crippen molar-refractivity contribution in [1.82, 2.24) is 10.9 Å². The van der Waals surface area contributed by atoms with E-state index in [1.54, 1.807) is 5.38 Å². The Kier molecular flexibility index (Phi) is 5.22. The smallest absolute Gasteiger partial charge is 0.272 e. The molecule has 3 amide bonds. The first-order chi connectivity index (χ1) is 11.4. The fourth-order valence-corrected chi connectivity index (χ4v) is 2.49. The summed E-state index contributed by atoms with van der Waals surface area (Å²) in [7, 11) is 0. The molecule has 24 heavy (non-hydrogen) atoms. The van der Waals surface area contributed by atoms with Gasteiger partial charge in [0.1, 0.15) is 5.00 Å². The number of hydrogen-bond donors (Lipinski definition) is 3. The van der Waals surface area contributed by atoms with Crippen molar-refractivity contribution in [2.75, 3.05) is 5.32 Å². The summed E-state index contributed by atoms with van der Waals surface area (Å²) in [6, 6.07) is 6.56. The second-order valence-electron chi connectivity index (χ2n) is 4.56. The van der Waals surface area contributed by atoms with Crippen molar-refractivity contribution < 1.29 is 19.3 Å². The highest BCUT2D eigenvalue weighted by Gasteiger charge is 2.16. The molecule has 0 spiro atoms. The van der Waals surface area contributed by atoms with E-state index in [2.05, 4.69) is 16.2 Å². The lowest BCUT2D eigenvalue weighted by Gasteiger charge is -2.07. The van der Waals surface area contributed by atoms with Gasteiger partial charge in [0, 0.05) is 24.6 Å². The Hall–Kier alpha value is -3.27. The molecule has 0 fully saturated rings. The van der Waals surface area contributed by atoms with E-state index in [1.807, 2.05) is 0 Å². The van der Waals surface area contributed by atoms with Crippen molar-refractivity contribution in [3.8, 4) is 0 Å². The van der Waals surface area contributed by atoms with Gasteiger partial charge < -0.3 is 5.32 Å². The number of thiophene rings is 1. The zero-order valence-corrected chi connectivity index (χ0v) is 13.2. The van der Waals surface area contributed by atoms with E-state index >= 15 is 0 Å². The summed E-state index contributed by atoms with van der Waals surface area (Å²) in [6.07, 6.45) is 0. The highest BCUT2D eigenvalue weighted by atomic mass is 32.1. The van der Waals surface area contributed by atoms with Gasteiger partial charge in [0.05, 0.1) is 10.5 Å². The number of nitro benzene ring substituents is 1. The number of rotatable bonds is 4. The van der Waals surface area contributed by atoms with Crippen LogP contribution in [0.25, 0.3) is 0 Å². The number of anilines is 1. The van der Waals surface area contributed by atoms with Crippen LogP contribution >= 0.6 is 11.3 Å². The van der Waals surface area contributed by atoms with Crippen molar-refractivity contribution in [3.63, 3.8) is 0 Å². The molecular weight excluding hydrogens is 336 g/mol. The molecule has 0 saturated heterocycles. The van der Waals surface area contributed by atoms with E-state index in [1.165, 1.54) is 37.3 Å². The average molecular weight is 348 g/mol. The van der Waals surface area contributed by atoms with E-state index in [0.29, 0.717) is 5.00 Å². The normalized spacial score (nSPS) is 9.88. The minimum Gasteiger partial charge on any atom is -0.313 e.